The third-order valence-electron chi connectivity index (χ3n) is 4.01. The Hall–Kier alpha value is -3.47. The first-order valence-corrected chi connectivity index (χ1v) is 9.70. The van der Waals surface area contributed by atoms with Gasteiger partial charge in [-0.2, -0.15) is 13.2 Å². The Morgan fingerprint density at radius 2 is 1.62 bits per heavy atom. The Kier molecular flexibility index (Phi) is 4.46. The van der Waals surface area contributed by atoms with Crippen molar-refractivity contribution >= 4 is 26.9 Å². The summed E-state index contributed by atoms with van der Waals surface area (Å²) in [4.78, 5) is 5.02. The van der Waals surface area contributed by atoms with Crippen LogP contribution in [0.2, 0.25) is 0 Å². The van der Waals surface area contributed by atoms with Crippen LogP contribution in [0.5, 0.6) is 0 Å². The van der Waals surface area contributed by atoms with Gasteiger partial charge in [-0.3, -0.25) is 4.72 Å². The number of hydrogen-bond acceptors (Lipinski definition) is 5. The summed E-state index contributed by atoms with van der Waals surface area (Å²) < 4.78 is 65.8. The Morgan fingerprint density at radius 3 is 2.31 bits per heavy atom. The molecule has 4 rings (SSSR count). The summed E-state index contributed by atoms with van der Waals surface area (Å²) in [6, 6.07) is 13.0. The van der Waals surface area contributed by atoms with E-state index in [0.717, 1.165) is 12.1 Å². The molecule has 0 radical (unpaired) electrons. The minimum absolute atomic E-state index is 0.160. The van der Waals surface area contributed by atoms with Gasteiger partial charge in [0.05, 0.1) is 16.1 Å². The fourth-order valence-electron chi connectivity index (χ4n) is 2.63. The number of pyridine rings is 1. The van der Waals surface area contributed by atoms with E-state index in [-0.39, 0.29) is 10.6 Å². The van der Waals surface area contributed by atoms with E-state index < -0.39 is 21.8 Å². The van der Waals surface area contributed by atoms with Crippen LogP contribution in [0.3, 0.4) is 0 Å². The smallest absolute Gasteiger partial charge is 0.277 e. The number of fused-ring (bicyclic) bond motifs is 1. The van der Waals surface area contributed by atoms with E-state index in [1.54, 1.807) is 36.5 Å². The Labute approximate surface area is 162 Å². The van der Waals surface area contributed by atoms with E-state index in [9.17, 15) is 21.6 Å². The van der Waals surface area contributed by atoms with Crippen molar-refractivity contribution in [1.29, 1.82) is 0 Å². The number of hydrogen-bond donors (Lipinski definition) is 1. The standard InChI is InChI=1S/C18H12F3N5O2S/c19-18(20,21)12-7-9-13(10-8-12)29(27,28)25-14-4-1-2-6-16(14)26-23-15-5-3-11-22-17(15)24-26/h1-11,25H. The lowest BCUT2D eigenvalue weighted by Gasteiger charge is -2.12. The maximum absolute atomic E-state index is 12.7. The molecule has 0 aliphatic rings. The van der Waals surface area contributed by atoms with Crippen molar-refractivity contribution in [2.24, 2.45) is 0 Å². The van der Waals surface area contributed by atoms with Crippen molar-refractivity contribution in [3.63, 3.8) is 0 Å². The minimum atomic E-state index is -4.55. The topological polar surface area (TPSA) is 89.8 Å². The van der Waals surface area contributed by atoms with E-state index in [0.29, 0.717) is 29.0 Å². The number of benzene rings is 2. The maximum atomic E-state index is 12.7. The number of nitrogens with zero attached hydrogens (tertiary/aromatic N) is 4. The molecular weight excluding hydrogens is 407 g/mol. The van der Waals surface area contributed by atoms with Crippen LogP contribution in [-0.2, 0) is 16.2 Å². The Balaban J connectivity index is 1.69. The predicted molar refractivity (Wildman–Crippen MR) is 98.9 cm³/mol. The molecule has 0 saturated heterocycles. The number of alkyl halides is 3. The summed E-state index contributed by atoms with van der Waals surface area (Å²) >= 11 is 0. The van der Waals surface area contributed by atoms with Crippen molar-refractivity contribution in [1.82, 2.24) is 20.0 Å². The number of rotatable bonds is 4. The van der Waals surface area contributed by atoms with Crippen LogP contribution >= 0.6 is 0 Å². The van der Waals surface area contributed by atoms with Crippen LogP contribution in [0.4, 0.5) is 18.9 Å². The summed E-state index contributed by atoms with van der Waals surface area (Å²) in [7, 11) is -4.14. The van der Waals surface area contributed by atoms with Gasteiger partial charge in [0.15, 0.2) is 0 Å². The van der Waals surface area contributed by atoms with Crippen LogP contribution < -0.4 is 4.72 Å². The highest BCUT2D eigenvalue weighted by Gasteiger charge is 2.30. The molecule has 29 heavy (non-hydrogen) atoms. The van der Waals surface area contributed by atoms with Gasteiger partial charge in [-0.25, -0.2) is 13.4 Å². The fraction of sp³-hybridized carbons (Fsp3) is 0.0556. The molecule has 11 heteroatoms. The predicted octanol–water partition coefficient (Wildman–Crippen LogP) is 3.64. The fourth-order valence-corrected chi connectivity index (χ4v) is 3.70. The van der Waals surface area contributed by atoms with Gasteiger partial charge in [0.1, 0.15) is 11.2 Å². The summed E-state index contributed by atoms with van der Waals surface area (Å²) in [6.07, 6.45) is -3.00. The molecule has 0 aliphatic carbocycles. The van der Waals surface area contributed by atoms with E-state index in [1.165, 1.54) is 10.9 Å². The van der Waals surface area contributed by atoms with Crippen molar-refractivity contribution in [3.8, 4) is 5.69 Å². The number of nitrogens with one attached hydrogen (secondary N) is 1. The van der Waals surface area contributed by atoms with Crippen LogP contribution in [-0.4, -0.2) is 28.4 Å². The highest BCUT2D eigenvalue weighted by atomic mass is 32.2. The van der Waals surface area contributed by atoms with Crippen molar-refractivity contribution in [2.45, 2.75) is 11.1 Å². The number of sulfonamides is 1. The second kappa shape index (κ2) is 6.85. The molecule has 0 bridgehead atoms. The molecular formula is C18H12F3N5O2S. The average Bonchev–Trinajstić information content (AvgIpc) is 3.11. The van der Waals surface area contributed by atoms with Crippen LogP contribution in [0.1, 0.15) is 5.56 Å². The second-order valence-electron chi connectivity index (χ2n) is 5.98. The van der Waals surface area contributed by atoms with Gasteiger partial charge in [0.2, 0.25) is 5.65 Å². The van der Waals surface area contributed by atoms with E-state index in [4.69, 9.17) is 0 Å². The lowest BCUT2D eigenvalue weighted by molar-refractivity contribution is -0.137. The summed E-state index contributed by atoms with van der Waals surface area (Å²) in [6.45, 7) is 0. The van der Waals surface area contributed by atoms with Crippen LogP contribution in [0.15, 0.2) is 71.8 Å². The molecule has 0 aliphatic heterocycles. The molecule has 2 aromatic carbocycles. The summed E-state index contributed by atoms with van der Waals surface area (Å²) in [5.74, 6) is 0. The molecule has 2 heterocycles. The Bertz CT molecular complexity index is 1250. The summed E-state index contributed by atoms with van der Waals surface area (Å²) in [5, 5.41) is 8.49. The molecule has 0 saturated carbocycles. The quantitative estimate of drug-likeness (QED) is 0.546. The third-order valence-corrected chi connectivity index (χ3v) is 5.40. The lowest BCUT2D eigenvalue weighted by Crippen LogP contribution is -2.15. The van der Waals surface area contributed by atoms with Crippen molar-refractivity contribution < 1.29 is 21.6 Å². The molecule has 0 spiro atoms. The first-order chi connectivity index (χ1) is 13.7. The SMILES string of the molecule is O=S(=O)(Nc1ccccc1-n1nc2cccnc2n1)c1ccc(C(F)(F)F)cc1. The first-order valence-electron chi connectivity index (χ1n) is 8.22. The number of aromatic nitrogens is 4. The lowest BCUT2D eigenvalue weighted by atomic mass is 10.2. The van der Waals surface area contributed by atoms with Gasteiger partial charge >= 0.3 is 6.18 Å². The molecule has 7 nitrogen and oxygen atoms in total. The van der Waals surface area contributed by atoms with Gasteiger partial charge in [0.25, 0.3) is 10.0 Å². The van der Waals surface area contributed by atoms with Crippen molar-refractivity contribution in [3.05, 3.63) is 72.4 Å². The molecule has 0 amide bonds. The zero-order chi connectivity index (χ0) is 20.6. The van der Waals surface area contributed by atoms with Crippen LogP contribution in [0.25, 0.3) is 16.9 Å². The monoisotopic (exact) mass is 419 g/mol. The minimum Gasteiger partial charge on any atom is -0.277 e. The third kappa shape index (κ3) is 3.76. The second-order valence-corrected chi connectivity index (χ2v) is 7.66. The van der Waals surface area contributed by atoms with E-state index >= 15 is 0 Å². The van der Waals surface area contributed by atoms with Gasteiger partial charge in [0, 0.05) is 6.20 Å². The van der Waals surface area contributed by atoms with Gasteiger partial charge in [-0.05, 0) is 48.5 Å². The van der Waals surface area contributed by atoms with Gasteiger partial charge in [-0.15, -0.1) is 15.0 Å². The normalized spacial score (nSPS) is 12.2. The summed E-state index contributed by atoms with van der Waals surface area (Å²) in [5.41, 5.74) is 0.464. The highest BCUT2D eigenvalue weighted by molar-refractivity contribution is 7.92. The molecule has 1 N–H and O–H groups in total. The maximum Gasteiger partial charge on any atom is 0.416 e. The van der Waals surface area contributed by atoms with E-state index in [1.807, 2.05) is 0 Å². The van der Waals surface area contributed by atoms with Gasteiger partial charge in [-0.1, -0.05) is 12.1 Å². The zero-order valence-electron chi connectivity index (χ0n) is 14.5. The molecule has 0 atom stereocenters. The first kappa shape index (κ1) is 18.9. The van der Waals surface area contributed by atoms with Gasteiger partial charge < -0.3 is 0 Å². The highest BCUT2D eigenvalue weighted by Crippen LogP contribution is 2.30. The molecule has 148 valence electrons. The average molecular weight is 419 g/mol. The zero-order valence-corrected chi connectivity index (χ0v) is 15.3. The number of anilines is 1. The largest absolute Gasteiger partial charge is 0.416 e. The van der Waals surface area contributed by atoms with Crippen molar-refractivity contribution in [2.75, 3.05) is 4.72 Å². The van der Waals surface area contributed by atoms with Crippen LogP contribution in [0, 0.1) is 0 Å². The Morgan fingerprint density at radius 1 is 0.897 bits per heavy atom. The number of para-hydroxylation sites is 2. The van der Waals surface area contributed by atoms with E-state index in [2.05, 4.69) is 19.9 Å². The molecule has 2 aromatic heterocycles. The molecule has 4 aromatic rings. The molecule has 0 fully saturated rings. The molecule has 0 unspecified atom stereocenters. The number of halogens is 3.